The molecule has 4 heteroatoms. The Morgan fingerprint density at radius 3 is 2.86 bits per heavy atom. The van der Waals surface area contributed by atoms with Gasteiger partial charge in [0.2, 0.25) is 0 Å². The average molecular weight is 200 g/mol. The molecule has 3 unspecified atom stereocenters. The van der Waals surface area contributed by atoms with E-state index in [-0.39, 0.29) is 12.2 Å². The van der Waals surface area contributed by atoms with Crippen LogP contribution >= 0.6 is 0 Å². The normalized spacial score (nSPS) is 40.4. The standard InChI is InChI=1S/C10H16O4/c1-13-5-4-10(9(11)12)6-7-2-3-8(10)14-7/h7-8H,2-6H2,1H3,(H,11,12). The van der Waals surface area contributed by atoms with Crippen LogP contribution in [0.4, 0.5) is 0 Å². The monoisotopic (exact) mass is 200 g/mol. The number of hydrogen-bond acceptors (Lipinski definition) is 3. The molecule has 0 aromatic carbocycles. The van der Waals surface area contributed by atoms with Crippen LogP contribution in [-0.4, -0.2) is 37.0 Å². The number of fused-ring (bicyclic) bond motifs is 2. The molecule has 2 bridgehead atoms. The summed E-state index contributed by atoms with van der Waals surface area (Å²) < 4.78 is 10.6. The van der Waals surface area contributed by atoms with Crippen molar-refractivity contribution >= 4 is 5.97 Å². The Labute approximate surface area is 83.2 Å². The van der Waals surface area contributed by atoms with Crippen LogP contribution in [-0.2, 0) is 14.3 Å². The first-order valence-corrected chi connectivity index (χ1v) is 5.07. The molecule has 4 nitrogen and oxygen atoms in total. The summed E-state index contributed by atoms with van der Waals surface area (Å²) >= 11 is 0. The van der Waals surface area contributed by atoms with Crippen LogP contribution in [0.25, 0.3) is 0 Å². The number of carboxylic acid groups (broad SMARTS) is 1. The molecule has 0 aromatic heterocycles. The van der Waals surface area contributed by atoms with Gasteiger partial charge in [-0.05, 0) is 25.7 Å². The van der Waals surface area contributed by atoms with E-state index in [1.807, 2.05) is 0 Å². The summed E-state index contributed by atoms with van der Waals surface area (Å²) in [6, 6.07) is 0. The summed E-state index contributed by atoms with van der Waals surface area (Å²) in [6.07, 6.45) is 3.23. The van der Waals surface area contributed by atoms with Gasteiger partial charge in [0, 0.05) is 13.7 Å². The lowest BCUT2D eigenvalue weighted by Gasteiger charge is -2.30. The fourth-order valence-corrected chi connectivity index (χ4v) is 2.68. The lowest BCUT2D eigenvalue weighted by Crippen LogP contribution is -2.41. The first kappa shape index (κ1) is 9.93. The Bertz CT molecular complexity index is 240. The Kier molecular flexibility index (Phi) is 2.49. The Morgan fingerprint density at radius 2 is 2.43 bits per heavy atom. The fraction of sp³-hybridized carbons (Fsp3) is 0.900. The molecular weight excluding hydrogens is 184 g/mol. The number of methoxy groups -OCH3 is 1. The van der Waals surface area contributed by atoms with Gasteiger partial charge in [0.15, 0.2) is 0 Å². The highest BCUT2D eigenvalue weighted by atomic mass is 16.5. The maximum atomic E-state index is 11.3. The SMILES string of the molecule is COCCC1(C(=O)O)CC2CCC1O2. The number of hydrogen-bond donors (Lipinski definition) is 1. The van der Waals surface area contributed by atoms with Gasteiger partial charge < -0.3 is 14.6 Å². The van der Waals surface area contributed by atoms with Crippen LogP contribution in [0.2, 0.25) is 0 Å². The van der Waals surface area contributed by atoms with Crippen LogP contribution in [0.5, 0.6) is 0 Å². The maximum Gasteiger partial charge on any atom is 0.312 e. The molecule has 0 aliphatic carbocycles. The molecule has 0 amide bonds. The van der Waals surface area contributed by atoms with E-state index in [2.05, 4.69) is 0 Å². The molecule has 0 radical (unpaired) electrons. The van der Waals surface area contributed by atoms with Crippen molar-refractivity contribution in [1.82, 2.24) is 0 Å². The summed E-state index contributed by atoms with van der Waals surface area (Å²) in [4.78, 5) is 11.3. The van der Waals surface area contributed by atoms with Gasteiger partial charge in [0.25, 0.3) is 0 Å². The molecule has 0 saturated carbocycles. The van der Waals surface area contributed by atoms with E-state index >= 15 is 0 Å². The predicted molar refractivity (Wildman–Crippen MR) is 49.1 cm³/mol. The van der Waals surface area contributed by atoms with Gasteiger partial charge in [-0.25, -0.2) is 0 Å². The Hall–Kier alpha value is -0.610. The molecule has 0 spiro atoms. The lowest BCUT2D eigenvalue weighted by atomic mass is 9.72. The van der Waals surface area contributed by atoms with Crippen molar-refractivity contribution in [1.29, 1.82) is 0 Å². The molecule has 2 fully saturated rings. The third-order valence-electron chi connectivity index (χ3n) is 3.49. The van der Waals surface area contributed by atoms with Crippen molar-refractivity contribution in [2.75, 3.05) is 13.7 Å². The van der Waals surface area contributed by atoms with Crippen molar-refractivity contribution in [3.63, 3.8) is 0 Å². The van der Waals surface area contributed by atoms with E-state index in [1.165, 1.54) is 0 Å². The second-order valence-corrected chi connectivity index (χ2v) is 4.23. The zero-order valence-corrected chi connectivity index (χ0v) is 8.36. The topological polar surface area (TPSA) is 55.8 Å². The van der Waals surface area contributed by atoms with E-state index in [0.717, 1.165) is 12.8 Å². The van der Waals surface area contributed by atoms with E-state index in [9.17, 15) is 9.90 Å². The minimum atomic E-state index is -0.721. The van der Waals surface area contributed by atoms with Crippen molar-refractivity contribution in [3.8, 4) is 0 Å². The van der Waals surface area contributed by atoms with Gasteiger partial charge in [-0.1, -0.05) is 0 Å². The lowest BCUT2D eigenvalue weighted by molar-refractivity contribution is -0.153. The molecule has 14 heavy (non-hydrogen) atoms. The molecule has 2 saturated heterocycles. The van der Waals surface area contributed by atoms with Gasteiger partial charge in [-0.2, -0.15) is 0 Å². The maximum absolute atomic E-state index is 11.3. The van der Waals surface area contributed by atoms with Crippen molar-refractivity contribution < 1.29 is 19.4 Å². The molecule has 2 aliphatic rings. The third-order valence-corrected chi connectivity index (χ3v) is 3.49. The largest absolute Gasteiger partial charge is 0.481 e. The number of carboxylic acids is 1. The fourth-order valence-electron chi connectivity index (χ4n) is 2.68. The van der Waals surface area contributed by atoms with Gasteiger partial charge in [0.1, 0.15) is 0 Å². The van der Waals surface area contributed by atoms with Crippen LogP contribution in [0.1, 0.15) is 25.7 Å². The first-order chi connectivity index (χ1) is 6.69. The summed E-state index contributed by atoms with van der Waals surface area (Å²) in [5.41, 5.74) is -0.668. The van der Waals surface area contributed by atoms with E-state index in [0.29, 0.717) is 19.4 Å². The molecule has 0 aromatic rings. The van der Waals surface area contributed by atoms with E-state index in [4.69, 9.17) is 9.47 Å². The quantitative estimate of drug-likeness (QED) is 0.736. The Morgan fingerprint density at radius 1 is 1.64 bits per heavy atom. The highest BCUT2D eigenvalue weighted by molar-refractivity contribution is 5.76. The van der Waals surface area contributed by atoms with E-state index in [1.54, 1.807) is 7.11 Å². The van der Waals surface area contributed by atoms with E-state index < -0.39 is 11.4 Å². The zero-order valence-electron chi connectivity index (χ0n) is 8.36. The van der Waals surface area contributed by atoms with Crippen LogP contribution in [0.3, 0.4) is 0 Å². The summed E-state index contributed by atoms with van der Waals surface area (Å²) in [6.45, 7) is 0.499. The second-order valence-electron chi connectivity index (χ2n) is 4.23. The summed E-state index contributed by atoms with van der Waals surface area (Å²) in [5.74, 6) is -0.721. The molecule has 2 aliphatic heterocycles. The average Bonchev–Trinajstić information content (AvgIpc) is 2.74. The number of carbonyl (C=O) groups is 1. The number of ether oxygens (including phenoxy) is 2. The van der Waals surface area contributed by atoms with Crippen molar-refractivity contribution in [3.05, 3.63) is 0 Å². The summed E-state index contributed by atoms with van der Waals surface area (Å²) in [5, 5.41) is 9.28. The number of aliphatic carboxylic acids is 1. The smallest absolute Gasteiger partial charge is 0.312 e. The van der Waals surface area contributed by atoms with Crippen molar-refractivity contribution in [2.24, 2.45) is 5.41 Å². The zero-order chi connectivity index (χ0) is 10.2. The molecule has 1 N–H and O–H groups in total. The molecule has 80 valence electrons. The molecule has 3 atom stereocenters. The molecular formula is C10H16O4. The first-order valence-electron chi connectivity index (χ1n) is 5.07. The van der Waals surface area contributed by atoms with Gasteiger partial charge in [-0.15, -0.1) is 0 Å². The number of rotatable bonds is 4. The van der Waals surface area contributed by atoms with Gasteiger partial charge in [0.05, 0.1) is 17.6 Å². The third kappa shape index (κ3) is 1.33. The minimum Gasteiger partial charge on any atom is -0.481 e. The highest BCUT2D eigenvalue weighted by Crippen LogP contribution is 2.49. The second kappa shape index (κ2) is 3.51. The summed E-state index contributed by atoms with van der Waals surface area (Å²) in [7, 11) is 1.60. The van der Waals surface area contributed by atoms with Crippen LogP contribution in [0.15, 0.2) is 0 Å². The minimum absolute atomic E-state index is 0.0832. The highest BCUT2D eigenvalue weighted by Gasteiger charge is 2.56. The Balaban J connectivity index is 2.11. The van der Waals surface area contributed by atoms with Gasteiger partial charge in [-0.3, -0.25) is 4.79 Å². The molecule has 2 rings (SSSR count). The van der Waals surface area contributed by atoms with Crippen LogP contribution in [0, 0.1) is 5.41 Å². The van der Waals surface area contributed by atoms with Crippen molar-refractivity contribution in [2.45, 2.75) is 37.9 Å². The predicted octanol–water partition coefficient (Wildman–Crippen LogP) is 1.05. The van der Waals surface area contributed by atoms with Gasteiger partial charge >= 0.3 is 5.97 Å². The van der Waals surface area contributed by atoms with Crippen LogP contribution < -0.4 is 0 Å². The molecule has 2 heterocycles.